The van der Waals surface area contributed by atoms with Gasteiger partial charge in [0.1, 0.15) is 11.4 Å². The van der Waals surface area contributed by atoms with E-state index in [1.54, 1.807) is 0 Å². The van der Waals surface area contributed by atoms with Crippen LogP contribution in [0.3, 0.4) is 0 Å². The molecule has 1 aliphatic heterocycles. The van der Waals surface area contributed by atoms with E-state index in [-0.39, 0.29) is 42.9 Å². The van der Waals surface area contributed by atoms with Gasteiger partial charge in [-0.1, -0.05) is 12.1 Å². The van der Waals surface area contributed by atoms with E-state index in [2.05, 4.69) is 10.2 Å². The van der Waals surface area contributed by atoms with E-state index in [0.29, 0.717) is 0 Å². The summed E-state index contributed by atoms with van der Waals surface area (Å²) in [5.41, 5.74) is 0.623. The molecule has 0 spiro atoms. The van der Waals surface area contributed by atoms with Crippen molar-refractivity contribution in [2.24, 2.45) is 0 Å². The molecule has 0 saturated carbocycles. The van der Waals surface area contributed by atoms with Crippen LogP contribution in [0, 0.1) is 0 Å². The van der Waals surface area contributed by atoms with Crippen molar-refractivity contribution < 1.29 is 17.9 Å². The van der Waals surface area contributed by atoms with Gasteiger partial charge in [0.05, 0.1) is 0 Å². The second kappa shape index (κ2) is 10.6. The summed E-state index contributed by atoms with van der Waals surface area (Å²) in [6, 6.07) is 7.28. The van der Waals surface area contributed by atoms with E-state index in [4.69, 9.17) is 4.74 Å². The molecule has 0 aliphatic carbocycles. The van der Waals surface area contributed by atoms with Gasteiger partial charge in [-0.2, -0.15) is 13.2 Å². The zero-order valence-corrected chi connectivity index (χ0v) is 17.1. The fourth-order valence-corrected chi connectivity index (χ4v) is 2.97. The number of alkyl halides is 3. The minimum atomic E-state index is -4.12. The quantitative estimate of drug-likeness (QED) is 0.730. The van der Waals surface area contributed by atoms with Gasteiger partial charge in [-0.25, -0.2) is 0 Å². The average Bonchev–Trinajstić information content (AvgIpc) is 2.47. The van der Waals surface area contributed by atoms with Gasteiger partial charge in [-0.3, -0.25) is 4.90 Å². The molecule has 1 N–H and O–H groups in total. The van der Waals surface area contributed by atoms with Crippen LogP contribution in [0.15, 0.2) is 24.3 Å². The van der Waals surface area contributed by atoms with Crippen molar-refractivity contribution >= 4 is 24.8 Å². The highest BCUT2D eigenvalue weighted by Crippen LogP contribution is 2.32. The molecule has 3 nitrogen and oxygen atoms in total. The van der Waals surface area contributed by atoms with E-state index >= 15 is 0 Å². The maximum absolute atomic E-state index is 12.7. The molecule has 0 unspecified atom stereocenters. The SMILES string of the molecule is CC(C)(C)Oc1ccc([C@H](CCC(F)(F)F)N2CCNCC2)cc1.Cl.Cl. The highest BCUT2D eigenvalue weighted by molar-refractivity contribution is 5.85. The lowest BCUT2D eigenvalue weighted by molar-refractivity contribution is -0.138. The van der Waals surface area contributed by atoms with E-state index in [1.807, 2.05) is 45.0 Å². The lowest BCUT2D eigenvalue weighted by Crippen LogP contribution is -2.45. The summed E-state index contributed by atoms with van der Waals surface area (Å²) in [5, 5.41) is 3.24. The molecule has 1 saturated heterocycles. The molecule has 8 heteroatoms. The van der Waals surface area contributed by atoms with Crippen LogP contribution in [-0.2, 0) is 0 Å². The van der Waals surface area contributed by atoms with Crippen LogP contribution in [0.5, 0.6) is 5.75 Å². The van der Waals surface area contributed by atoms with Crippen LogP contribution in [0.4, 0.5) is 13.2 Å². The predicted molar refractivity (Wildman–Crippen MR) is 104 cm³/mol. The van der Waals surface area contributed by atoms with Crippen molar-refractivity contribution in [1.82, 2.24) is 10.2 Å². The molecule has 1 aromatic rings. The summed E-state index contributed by atoms with van der Waals surface area (Å²) >= 11 is 0. The maximum Gasteiger partial charge on any atom is 0.389 e. The first-order valence-electron chi connectivity index (χ1n) is 8.44. The normalized spacial score (nSPS) is 17.0. The summed E-state index contributed by atoms with van der Waals surface area (Å²) in [6.07, 6.45) is -4.80. The van der Waals surface area contributed by atoms with Gasteiger partial charge < -0.3 is 10.1 Å². The van der Waals surface area contributed by atoms with Gasteiger partial charge in [0.2, 0.25) is 0 Å². The van der Waals surface area contributed by atoms with E-state index in [9.17, 15) is 13.2 Å². The average molecular weight is 417 g/mol. The standard InChI is InChI=1S/C18H27F3N2O.2ClH/c1-17(2,3)24-15-6-4-14(5-7-15)16(8-9-18(19,20)21)23-12-10-22-11-13-23;;/h4-7,16,22H,8-13H2,1-3H3;2*1H/t16-;;/m0../s1. The molecule has 1 aromatic carbocycles. The first-order valence-corrected chi connectivity index (χ1v) is 8.44. The molecule has 1 aliphatic rings. The van der Waals surface area contributed by atoms with Crippen molar-refractivity contribution in [1.29, 1.82) is 0 Å². The lowest BCUT2D eigenvalue weighted by Gasteiger charge is -2.35. The third kappa shape index (κ3) is 8.80. The molecule has 0 aromatic heterocycles. The first-order chi connectivity index (χ1) is 11.1. The summed E-state index contributed by atoms with van der Waals surface area (Å²) in [5.74, 6) is 0.737. The van der Waals surface area contributed by atoms with E-state index in [1.165, 1.54) is 0 Å². The van der Waals surface area contributed by atoms with Gasteiger partial charge in [0.25, 0.3) is 0 Å². The summed E-state index contributed by atoms with van der Waals surface area (Å²) < 4.78 is 43.9. The zero-order chi connectivity index (χ0) is 17.8. The third-order valence-corrected chi connectivity index (χ3v) is 3.98. The van der Waals surface area contributed by atoms with Crippen molar-refractivity contribution in [2.75, 3.05) is 26.2 Å². The third-order valence-electron chi connectivity index (χ3n) is 3.98. The minimum Gasteiger partial charge on any atom is -0.488 e. The fourth-order valence-electron chi connectivity index (χ4n) is 2.97. The second-order valence-corrected chi connectivity index (χ2v) is 7.24. The highest BCUT2D eigenvalue weighted by atomic mass is 35.5. The lowest BCUT2D eigenvalue weighted by atomic mass is 9.99. The molecule has 0 amide bonds. The Hall–Kier alpha value is -0.690. The number of rotatable bonds is 5. The Balaban J connectivity index is 0.00000312. The van der Waals surface area contributed by atoms with Crippen molar-refractivity contribution in [3.8, 4) is 5.75 Å². The minimum absolute atomic E-state index is 0. The van der Waals surface area contributed by atoms with E-state index < -0.39 is 12.6 Å². The van der Waals surface area contributed by atoms with Gasteiger partial charge >= 0.3 is 6.18 Å². The maximum atomic E-state index is 12.7. The summed E-state index contributed by atoms with van der Waals surface area (Å²) in [6.45, 7) is 9.06. The van der Waals surface area contributed by atoms with Crippen LogP contribution in [0.25, 0.3) is 0 Å². The number of piperazine rings is 1. The van der Waals surface area contributed by atoms with Crippen LogP contribution >= 0.6 is 24.8 Å². The Morgan fingerprint density at radius 1 is 1.04 bits per heavy atom. The number of nitrogens with one attached hydrogen (secondary N) is 1. The number of halogens is 5. The van der Waals surface area contributed by atoms with Crippen molar-refractivity contribution in [2.45, 2.75) is 51.4 Å². The number of benzene rings is 1. The van der Waals surface area contributed by atoms with Gasteiger partial charge in [0, 0.05) is 38.6 Å². The number of nitrogens with zero attached hydrogens (tertiary/aromatic N) is 1. The van der Waals surface area contributed by atoms with Gasteiger partial charge in [0.15, 0.2) is 0 Å². The van der Waals surface area contributed by atoms with Crippen molar-refractivity contribution in [3.63, 3.8) is 0 Å². The first kappa shape index (κ1) is 25.3. The monoisotopic (exact) mass is 416 g/mol. The Morgan fingerprint density at radius 3 is 2.04 bits per heavy atom. The highest BCUT2D eigenvalue weighted by Gasteiger charge is 2.31. The molecule has 26 heavy (non-hydrogen) atoms. The Labute approximate surface area is 166 Å². The zero-order valence-electron chi connectivity index (χ0n) is 15.4. The van der Waals surface area contributed by atoms with Gasteiger partial charge in [-0.15, -0.1) is 24.8 Å². The molecule has 1 heterocycles. The van der Waals surface area contributed by atoms with Crippen LogP contribution in [0.2, 0.25) is 0 Å². The molecule has 1 fully saturated rings. The van der Waals surface area contributed by atoms with Crippen molar-refractivity contribution in [3.05, 3.63) is 29.8 Å². The number of hydrogen-bond acceptors (Lipinski definition) is 3. The molecule has 0 bridgehead atoms. The van der Waals surface area contributed by atoms with Gasteiger partial charge in [-0.05, 0) is 44.9 Å². The smallest absolute Gasteiger partial charge is 0.389 e. The van der Waals surface area contributed by atoms with Crippen LogP contribution in [-0.4, -0.2) is 42.9 Å². The Kier molecular flexibility index (Phi) is 10.3. The largest absolute Gasteiger partial charge is 0.488 e. The summed E-state index contributed by atoms with van der Waals surface area (Å²) in [4.78, 5) is 2.14. The topological polar surface area (TPSA) is 24.5 Å². The van der Waals surface area contributed by atoms with E-state index in [0.717, 1.165) is 37.5 Å². The molecule has 0 radical (unpaired) electrons. The summed E-state index contributed by atoms with van der Waals surface area (Å²) in [7, 11) is 0. The predicted octanol–water partition coefficient (Wildman–Crippen LogP) is 5.00. The molecule has 2 rings (SSSR count). The Morgan fingerprint density at radius 2 is 1.58 bits per heavy atom. The Bertz CT molecular complexity index is 513. The number of hydrogen-bond donors (Lipinski definition) is 1. The second-order valence-electron chi connectivity index (χ2n) is 7.24. The molecular weight excluding hydrogens is 388 g/mol. The van der Waals surface area contributed by atoms with Crippen LogP contribution < -0.4 is 10.1 Å². The fraction of sp³-hybridized carbons (Fsp3) is 0.667. The molecule has 1 atom stereocenters. The number of ether oxygens (including phenoxy) is 1. The molecular formula is C18H29Cl2F3N2O. The van der Waals surface area contributed by atoms with Crippen LogP contribution in [0.1, 0.15) is 45.2 Å². The molecule has 152 valence electrons.